The lowest BCUT2D eigenvalue weighted by molar-refractivity contribution is 0.0698. The SMILES string of the molecule is O=C(NCCC1CCOC1)Nc1c(Br)cccc1C(=O)O. The van der Waals surface area contributed by atoms with Gasteiger partial charge in [-0.15, -0.1) is 0 Å². The molecule has 1 fully saturated rings. The number of benzene rings is 1. The molecule has 1 unspecified atom stereocenters. The van der Waals surface area contributed by atoms with Gasteiger partial charge >= 0.3 is 12.0 Å². The predicted molar refractivity (Wildman–Crippen MR) is 81.7 cm³/mol. The fourth-order valence-corrected chi connectivity index (χ4v) is 2.65. The van der Waals surface area contributed by atoms with Crippen molar-refractivity contribution in [2.24, 2.45) is 5.92 Å². The quantitative estimate of drug-likeness (QED) is 0.756. The number of carbonyl (C=O) groups excluding carboxylic acids is 1. The average molecular weight is 357 g/mol. The predicted octanol–water partition coefficient (Wildman–Crippen LogP) is 2.70. The van der Waals surface area contributed by atoms with Crippen LogP contribution in [0.5, 0.6) is 0 Å². The van der Waals surface area contributed by atoms with Gasteiger partial charge in [-0.1, -0.05) is 6.07 Å². The van der Waals surface area contributed by atoms with Crippen LogP contribution in [0.25, 0.3) is 0 Å². The van der Waals surface area contributed by atoms with Gasteiger partial charge in [0.05, 0.1) is 11.3 Å². The molecule has 1 aromatic carbocycles. The lowest BCUT2D eigenvalue weighted by atomic mass is 10.1. The molecule has 0 aliphatic carbocycles. The van der Waals surface area contributed by atoms with Crippen LogP contribution in [-0.4, -0.2) is 36.9 Å². The van der Waals surface area contributed by atoms with Crippen LogP contribution in [-0.2, 0) is 4.74 Å². The molecule has 1 atom stereocenters. The highest BCUT2D eigenvalue weighted by Crippen LogP contribution is 2.26. The second-order valence-electron chi connectivity index (χ2n) is 4.87. The zero-order chi connectivity index (χ0) is 15.2. The lowest BCUT2D eigenvalue weighted by Gasteiger charge is -2.12. The Hall–Kier alpha value is -1.60. The van der Waals surface area contributed by atoms with Crippen molar-refractivity contribution < 1.29 is 19.4 Å². The molecule has 1 aliphatic rings. The molecule has 6 nitrogen and oxygen atoms in total. The summed E-state index contributed by atoms with van der Waals surface area (Å²) < 4.78 is 5.80. The molecule has 0 saturated carbocycles. The van der Waals surface area contributed by atoms with E-state index in [1.54, 1.807) is 12.1 Å². The zero-order valence-corrected chi connectivity index (χ0v) is 13.0. The highest BCUT2D eigenvalue weighted by Gasteiger charge is 2.17. The van der Waals surface area contributed by atoms with Gasteiger partial charge in [-0.3, -0.25) is 0 Å². The number of hydrogen-bond acceptors (Lipinski definition) is 3. The molecule has 1 saturated heterocycles. The number of anilines is 1. The average Bonchev–Trinajstić information content (AvgIpc) is 2.94. The number of urea groups is 1. The number of halogens is 1. The van der Waals surface area contributed by atoms with E-state index in [0.29, 0.717) is 16.9 Å². The Morgan fingerprint density at radius 3 is 2.90 bits per heavy atom. The third-order valence-corrected chi connectivity index (χ3v) is 4.01. The molecule has 0 spiro atoms. The Labute approximate surface area is 131 Å². The highest BCUT2D eigenvalue weighted by atomic mass is 79.9. The number of carboxylic acid groups (broad SMARTS) is 1. The van der Waals surface area contributed by atoms with Crippen LogP contribution >= 0.6 is 15.9 Å². The minimum atomic E-state index is -1.09. The Balaban J connectivity index is 1.88. The molecule has 2 rings (SSSR count). The van der Waals surface area contributed by atoms with Crippen molar-refractivity contribution in [3.05, 3.63) is 28.2 Å². The fraction of sp³-hybridized carbons (Fsp3) is 0.429. The van der Waals surface area contributed by atoms with Crippen LogP contribution in [0.1, 0.15) is 23.2 Å². The Bertz CT molecular complexity index is 530. The number of carboxylic acids is 1. The normalized spacial score (nSPS) is 17.5. The first-order valence-electron chi connectivity index (χ1n) is 6.72. The monoisotopic (exact) mass is 356 g/mol. The van der Waals surface area contributed by atoms with Crippen molar-refractivity contribution in [2.45, 2.75) is 12.8 Å². The van der Waals surface area contributed by atoms with Gasteiger partial charge in [-0.25, -0.2) is 9.59 Å². The summed E-state index contributed by atoms with van der Waals surface area (Å²) in [5.74, 6) is -0.599. The maximum Gasteiger partial charge on any atom is 0.337 e. The van der Waals surface area contributed by atoms with E-state index in [1.165, 1.54) is 6.07 Å². The Kier molecular flexibility index (Phi) is 5.58. The molecule has 1 aliphatic heterocycles. The number of hydrogen-bond donors (Lipinski definition) is 3. The standard InChI is InChI=1S/C14H17BrN2O4/c15-11-3-1-2-10(13(18)19)12(11)17-14(20)16-6-4-9-5-7-21-8-9/h1-3,9H,4-8H2,(H,18,19)(H2,16,17,20). The Morgan fingerprint density at radius 1 is 1.43 bits per heavy atom. The van der Waals surface area contributed by atoms with Gasteiger partial charge in [0, 0.05) is 24.2 Å². The minimum Gasteiger partial charge on any atom is -0.478 e. The van der Waals surface area contributed by atoms with Gasteiger partial charge in [0.1, 0.15) is 0 Å². The summed E-state index contributed by atoms with van der Waals surface area (Å²) >= 11 is 3.24. The number of ether oxygens (including phenoxy) is 1. The maximum atomic E-state index is 11.8. The molecule has 114 valence electrons. The van der Waals surface area contributed by atoms with Gasteiger partial charge in [-0.2, -0.15) is 0 Å². The van der Waals surface area contributed by atoms with Crippen molar-refractivity contribution >= 4 is 33.6 Å². The molecule has 7 heteroatoms. The van der Waals surface area contributed by atoms with E-state index in [0.717, 1.165) is 26.1 Å². The number of aromatic carboxylic acids is 1. The third kappa shape index (κ3) is 4.44. The zero-order valence-electron chi connectivity index (χ0n) is 11.4. The minimum absolute atomic E-state index is 0.0451. The van der Waals surface area contributed by atoms with Gasteiger partial charge in [0.25, 0.3) is 0 Å². The van der Waals surface area contributed by atoms with Gasteiger partial charge in [0.2, 0.25) is 0 Å². The van der Waals surface area contributed by atoms with E-state index in [1.807, 2.05) is 0 Å². The van der Waals surface area contributed by atoms with E-state index in [4.69, 9.17) is 9.84 Å². The van der Waals surface area contributed by atoms with Crippen molar-refractivity contribution in [1.82, 2.24) is 5.32 Å². The molecule has 0 radical (unpaired) electrons. The maximum absolute atomic E-state index is 11.8. The van der Waals surface area contributed by atoms with Crippen LogP contribution in [0, 0.1) is 5.92 Å². The lowest BCUT2D eigenvalue weighted by Crippen LogP contribution is -2.31. The van der Waals surface area contributed by atoms with E-state index in [9.17, 15) is 9.59 Å². The summed E-state index contributed by atoms with van der Waals surface area (Å²) in [6.07, 6.45) is 1.88. The van der Waals surface area contributed by atoms with Crippen molar-refractivity contribution in [1.29, 1.82) is 0 Å². The van der Waals surface area contributed by atoms with Gasteiger partial charge < -0.3 is 20.5 Å². The molecular formula is C14H17BrN2O4. The van der Waals surface area contributed by atoms with E-state index >= 15 is 0 Å². The van der Waals surface area contributed by atoms with Crippen LogP contribution in [0.2, 0.25) is 0 Å². The van der Waals surface area contributed by atoms with E-state index in [2.05, 4.69) is 26.6 Å². The first-order chi connectivity index (χ1) is 10.1. The molecule has 0 aromatic heterocycles. The summed E-state index contributed by atoms with van der Waals surface area (Å²) in [5, 5.41) is 14.4. The van der Waals surface area contributed by atoms with E-state index < -0.39 is 12.0 Å². The molecule has 0 bridgehead atoms. The smallest absolute Gasteiger partial charge is 0.337 e. The summed E-state index contributed by atoms with van der Waals surface area (Å²) in [6.45, 7) is 2.07. The number of carbonyl (C=O) groups is 2. The van der Waals surface area contributed by atoms with E-state index in [-0.39, 0.29) is 11.3 Å². The van der Waals surface area contributed by atoms with Crippen molar-refractivity contribution in [3.8, 4) is 0 Å². The molecular weight excluding hydrogens is 340 g/mol. The topological polar surface area (TPSA) is 87.7 Å². The molecule has 1 heterocycles. The van der Waals surface area contributed by atoms with Crippen LogP contribution < -0.4 is 10.6 Å². The molecule has 3 N–H and O–H groups in total. The summed E-state index contributed by atoms with van der Waals surface area (Å²) in [5.41, 5.74) is 0.301. The number of rotatable bonds is 5. The third-order valence-electron chi connectivity index (χ3n) is 3.34. The fourth-order valence-electron chi connectivity index (χ4n) is 2.19. The second-order valence-corrected chi connectivity index (χ2v) is 5.72. The largest absolute Gasteiger partial charge is 0.478 e. The molecule has 21 heavy (non-hydrogen) atoms. The summed E-state index contributed by atoms with van der Waals surface area (Å²) in [6, 6.07) is 4.32. The first kappa shape index (κ1) is 15.8. The number of para-hydroxylation sites is 1. The Morgan fingerprint density at radius 2 is 2.24 bits per heavy atom. The summed E-state index contributed by atoms with van der Waals surface area (Å²) in [7, 11) is 0. The molecule has 1 aromatic rings. The van der Waals surface area contributed by atoms with Crippen LogP contribution in [0.15, 0.2) is 22.7 Å². The van der Waals surface area contributed by atoms with Gasteiger partial charge in [-0.05, 0) is 46.8 Å². The molecule has 2 amide bonds. The number of amides is 2. The van der Waals surface area contributed by atoms with Crippen LogP contribution in [0.4, 0.5) is 10.5 Å². The summed E-state index contributed by atoms with van der Waals surface area (Å²) in [4.78, 5) is 23.0. The van der Waals surface area contributed by atoms with Crippen molar-refractivity contribution in [2.75, 3.05) is 25.1 Å². The highest BCUT2D eigenvalue weighted by molar-refractivity contribution is 9.10. The number of nitrogens with one attached hydrogen (secondary N) is 2. The first-order valence-corrected chi connectivity index (χ1v) is 7.51. The van der Waals surface area contributed by atoms with Gasteiger partial charge in [0.15, 0.2) is 0 Å². The van der Waals surface area contributed by atoms with Crippen LogP contribution in [0.3, 0.4) is 0 Å². The van der Waals surface area contributed by atoms with Crippen molar-refractivity contribution in [3.63, 3.8) is 0 Å². The second kappa shape index (κ2) is 7.42.